The summed E-state index contributed by atoms with van der Waals surface area (Å²) in [5, 5.41) is 9.78. The van der Waals surface area contributed by atoms with E-state index in [1.165, 1.54) is 0 Å². The second kappa shape index (κ2) is 4.20. The Hall–Kier alpha value is -1.10. The number of fused-ring (bicyclic) bond motifs is 1. The molecule has 1 N–H and O–H groups in total. The molecule has 1 saturated heterocycles. The van der Waals surface area contributed by atoms with Crippen LogP contribution in [0.3, 0.4) is 0 Å². The molecule has 2 atom stereocenters. The summed E-state index contributed by atoms with van der Waals surface area (Å²) in [5.74, 6) is 0.239. The fourth-order valence-electron chi connectivity index (χ4n) is 4.14. The van der Waals surface area contributed by atoms with E-state index in [4.69, 9.17) is 9.47 Å². The third-order valence-corrected chi connectivity index (χ3v) is 4.96. The van der Waals surface area contributed by atoms with Gasteiger partial charge in [0.05, 0.1) is 5.41 Å². The Labute approximate surface area is 113 Å². The Kier molecular flexibility index (Phi) is 2.85. The van der Waals surface area contributed by atoms with Gasteiger partial charge in [0.2, 0.25) is 0 Å². The Morgan fingerprint density at radius 3 is 2.63 bits per heavy atom. The van der Waals surface area contributed by atoms with E-state index in [1.54, 1.807) is 20.3 Å². The highest BCUT2D eigenvalue weighted by atomic mass is 16.7. The maximum Gasteiger partial charge on any atom is 0.179 e. The molecule has 2 aliphatic rings. The van der Waals surface area contributed by atoms with Crippen molar-refractivity contribution >= 4 is 0 Å². The lowest BCUT2D eigenvalue weighted by molar-refractivity contribution is -0.314. The van der Waals surface area contributed by atoms with Gasteiger partial charge in [0.15, 0.2) is 5.79 Å². The predicted molar refractivity (Wildman–Crippen MR) is 72.1 cm³/mol. The molecule has 1 aliphatic carbocycles. The van der Waals surface area contributed by atoms with Crippen LogP contribution in [0.4, 0.5) is 0 Å². The van der Waals surface area contributed by atoms with Gasteiger partial charge in [-0.1, -0.05) is 12.1 Å². The van der Waals surface area contributed by atoms with Gasteiger partial charge in [-0.3, -0.25) is 0 Å². The SMILES string of the molecule is COC1(OC)C[C@@H]2CN(C)C[C@@]21c1cccc(O)c1. The van der Waals surface area contributed by atoms with E-state index in [1.807, 2.05) is 12.1 Å². The summed E-state index contributed by atoms with van der Waals surface area (Å²) in [5.41, 5.74) is 0.932. The molecule has 4 heteroatoms. The molecule has 0 unspecified atom stereocenters. The molecule has 3 rings (SSSR count). The molecule has 1 heterocycles. The van der Waals surface area contributed by atoms with Crippen molar-refractivity contribution in [3.63, 3.8) is 0 Å². The number of methoxy groups -OCH3 is 2. The molecule has 4 nitrogen and oxygen atoms in total. The number of nitrogens with zero attached hydrogens (tertiary/aromatic N) is 1. The van der Waals surface area contributed by atoms with Crippen molar-refractivity contribution in [3.05, 3.63) is 29.8 Å². The highest BCUT2D eigenvalue weighted by molar-refractivity contribution is 5.41. The second-order valence-electron chi connectivity index (χ2n) is 5.78. The normalized spacial score (nSPS) is 32.9. The molecule has 0 spiro atoms. The first-order chi connectivity index (χ1) is 9.08. The van der Waals surface area contributed by atoms with Crippen LogP contribution in [0.1, 0.15) is 12.0 Å². The summed E-state index contributed by atoms with van der Waals surface area (Å²) in [6.07, 6.45) is 0.903. The maximum atomic E-state index is 9.78. The molecule has 0 bridgehead atoms. The van der Waals surface area contributed by atoms with Gasteiger partial charge >= 0.3 is 0 Å². The highest BCUT2D eigenvalue weighted by Gasteiger charge is 2.70. The molecule has 0 aromatic heterocycles. The van der Waals surface area contributed by atoms with Crippen molar-refractivity contribution in [2.24, 2.45) is 5.92 Å². The molecule has 1 saturated carbocycles. The van der Waals surface area contributed by atoms with Gasteiger partial charge in [-0.15, -0.1) is 0 Å². The second-order valence-corrected chi connectivity index (χ2v) is 5.78. The van der Waals surface area contributed by atoms with Crippen LogP contribution >= 0.6 is 0 Å². The van der Waals surface area contributed by atoms with E-state index in [0.29, 0.717) is 11.7 Å². The van der Waals surface area contributed by atoms with Crippen molar-refractivity contribution < 1.29 is 14.6 Å². The number of hydrogen-bond donors (Lipinski definition) is 1. The monoisotopic (exact) mass is 263 g/mol. The Morgan fingerprint density at radius 1 is 1.32 bits per heavy atom. The zero-order valence-electron chi connectivity index (χ0n) is 11.7. The summed E-state index contributed by atoms with van der Waals surface area (Å²) < 4.78 is 11.5. The number of hydrogen-bond acceptors (Lipinski definition) is 4. The molecule has 0 radical (unpaired) electrons. The largest absolute Gasteiger partial charge is 0.508 e. The van der Waals surface area contributed by atoms with E-state index in [2.05, 4.69) is 18.0 Å². The summed E-state index contributed by atoms with van der Waals surface area (Å²) in [6.45, 7) is 1.94. The predicted octanol–water partition coefficient (Wildman–Crippen LogP) is 1.58. The number of likely N-dealkylation sites (N-methyl/N-ethyl adjacent to an activating group) is 1. The van der Waals surface area contributed by atoms with Crippen molar-refractivity contribution in [1.29, 1.82) is 0 Å². The maximum absolute atomic E-state index is 9.78. The first-order valence-electron chi connectivity index (χ1n) is 6.66. The van der Waals surface area contributed by atoms with Gasteiger partial charge in [-0.05, 0) is 30.7 Å². The third kappa shape index (κ3) is 1.51. The lowest BCUT2D eigenvalue weighted by Gasteiger charge is -2.59. The van der Waals surface area contributed by atoms with Crippen LogP contribution < -0.4 is 0 Å². The minimum absolute atomic E-state index is 0.177. The lowest BCUT2D eigenvalue weighted by atomic mass is 9.53. The van der Waals surface area contributed by atoms with E-state index >= 15 is 0 Å². The average Bonchev–Trinajstić information content (AvgIpc) is 2.66. The topological polar surface area (TPSA) is 41.9 Å². The molecule has 19 heavy (non-hydrogen) atoms. The summed E-state index contributed by atoms with van der Waals surface area (Å²) in [6, 6.07) is 7.51. The minimum Gasteiger partial charge on any atom is -0.508 e. The van der Waals surface area contributed by atoms with Crippen molar-refractivity contribution in [1.82, 2.24) is 4.90 Å². The van der Waals surface area contributed by atoms with Crippen LogP contribution in [0.5, 0.6) is 5.75 Å². The van der Waals surface area contributed by atoms with Crippen molar-refractivity contribution in [2.75, 3.05) is 34.4 Å². The first kappa shape index (κ1) is 12.9. The van der Waals surface area contributed by atoms with Crippen molar-refractivity contribution in [3.8, 4) is 5.75 Å². The smallest absolute Gasteiger partial charge is 0.179 e. The number of phenols is 1. The number of likely N-dealkylation sites (tertiary alicyclic amines) is 1. The number of aromatic hydroxyl groups is 1. The van der Waals surface area contributed by atoms with Gasteiger partial charge in [0.1, 0.15) is 5.75 Å². The van der Waals surface area contributed by atoms with Crippen LogP contribution in [-0.2, 0) is 14.9 Å². The fourth-order valence-corrected chi connectivity index (χ4v) is 4.14. The molecule has 1 aromatic rings. The standard InChI is InChI=1S/C15H21NO3/c1-16-9-12-8-15(18-2,19-3)14(12,10-16)11-5-4-6-13(17)7-11/h4-7,12,17H,8-10H2,1-3H3/t12-,14-/m1/s1. The van der Waals surface area contributed by atoms with Gasteiger partial charge in [0.25, 0.3) is 0 Å². The van der Waals surface area contributed by atoms with Gasteiger partial charge in [0, 0.05) is 33.7 Å². The van der Waals surface area contributed by atoms with E-state index in [-0.39, 0.29) is 5.41 Å². The number of benzene rings is 1. The molecule has 0 amide bonds. The van der Waals surface area contributed by atoms with E-state index < -0.39 is 5.79 Å². The Morgan fingerprint density at radius 2 is 2.05 bits per heavy atom. The zero-order chi connectivity index (χ0) is 13.7. The summed E-state index contributed by atoms with van der Waals surface area (Å²) in [4.78, 5) is 2.31. The van der Waals surface area contributed by atoms with Crippen LogP contribution in [0.15, 0.2) is 24.3 Å². The number of rotatable bonds is 3. The molecule has 104 valence electrons. The Bertz CT molecular complexity index is 486. The molecule has 1 aliphatic heterocycles. The Balaban J connectivity index is 2.11. The van der Waals surface area contributed by atoms with E-state index in [0.717, 1.165) is 25.1 Å². The highest BCUT2D eigenvalue weighted by Crippen LogP contribution is 2.61. The van der Waals surface area contributed by atoms with Gasteiger partial charge < -0.3 is 19.5 Å². The van der Waals surface area contributed by atoms with Crippen LogP contribution in [0, 0.1) is 5.92 Å². The average molecular weight is 263 g/mol. The zero-order valence-corrected chi connectivity index (χ0v) is 11.7. The van der Waals surface area contributed by atoms with Crippen LogP contribution in [-0.4, -0.2) is 50.2 Å². The fraction of sp³-hybridized carbons (Fsp3) is 0.600. The van der Waals surface area contributed by atoms with Gasteiger partial charge in [-0.2, -0.15) is 0 Å². The summed E-state index contributed by atoms with van der Waals surface area (Å²) in [7, 11) is 5.55. The van der Waals surface area contributed by atoms with Crippen molar-refractivity contribution in [2.45, 2.75) is 17.6 Å². The molecular formula is C15H21NO3. The number of ether oxygens (including phenoxy) is 2. The third-order valence-electron chi connectivity index (χ3n) is 4.96. The van der Waals surface area contributed by atoms with Crippen LogP contribution in [0.2, 0.25) is 0 Å². The quantitative estimate of drug-likeness (QED) is 0.841. The molecular weight excluding hydrogens is 242 g/mol. The minimum atomic E-state index is -0.573. The molecule has 1 aromatic carbocycles. The summed E-state index contributed by atoms with van der Waals surface area (Å²) >= 11 is 0. The van der Waals surface area contributed by atoms with E-state index in [9.17, 15) is 5.11 Å². The van der Waals surface area contributed by atoms with Crippen LogP contribution in [0.25, 0.3) is 0 Å². The van der Waals surface area contributed by atoms with Gasteiger partial charge in [-0.25, -0.2) is 0 Å². The number of phenolic OH excluding ortho intramolecular Hbond substituents is 1. The lowest BCUT2D eigenvalue weighted by Crippen LogP contribution is -2.68. The first-order valence-corrected chi connectivity index (χ1v) is 6.66. The molecule has 2 fully saturated rings.